The lowest BCUT2D eigenvalue weighted by Gasteiger charge is -2.34. The van der Waals surface area contributed by atoms with E-state index in [4.69, 9.17) is 4.74 Å². The highest BCUT2D eigenvalue weighted by Gasteiger charge is 2.48. The second-order valence-corrected chi connectivity index (χ2v) is 11.4. The third-order valence-electron chi connectivity index (χ3n) is 5.94. The zero-order valence-electron chi connectivity index (χ0n) is 19.3. The maximum Gasteiger partial charge on any atom is 0.340 e. The second kappa shape index (κ2) is 10.5. The molecule has 1 heterocycles. The summed E-state index contributed by atoms with van der Waals surface area (Å²) in [5.74, 6) is -7.44. The van der Waals surface area contributed by atoms with Gasteiger partial charge in [0.1, 0.15) is 4.75 Å². The van der Waals surface area contributed by atoms with Gasteiger partial charge < -0.3 is 25.2 Å². The number of rotatable bonds is 10. The van der Waals surface area contributed by atoms with E-state index < -0.39 is 55.5 Å². The number of carbonyl (C=O) groups excluding carboxylic acids is 2. The van der Waals surface area contributed by atoms with Gasteiger partial charge in [-0.05, 0) is 32.8 Å². The van der Waals surface area contributed by atoms with Crippen LogP contribution in [-0.2, 0) is 40.2 Å². The highest BCUT2D eigenvalue weighted by molar-refractivity contribution is 7.93. The number of nitrogens with one attached hydrogen (secondary N) is 1. The van der Waals surface area contributed by atoms with Crippen molar-refractivity contribution in [3.63, 3.8) is 0 Å². The maximum atomic E-state index is 13.4. The summed E-state index contributed by atoms with van der Waals surface area (Å²) >= 11 is 0. The van der Waals surface area contributed by atoms with Crippen LogP contribution in [0.25, 0.3) is 0 Å². The first-order chi connectivity index (χ1) is 15.7. The largest absolute Gasteiger partial charge is 0.479 e. The number of amides is 2. The number of benzene rings is 1. The number of ether oxygens (including phenoxy) is 1. The number of carboxylic acids is 2. The van der Waals surface area contributed by atoms with Crippen LogP contribution in [0.4, 0.5) is 0 Å². The first-order valence-electron chi connectivity index (χ1n) is 10.6. The fraction of sp³-hybridized carbons (Fsp3) is 0.545. The van der Waals surface area contributed by atoms with Crippen LogP contribution in [0.5, 0.6) is 0 Å². The van der Waals surface area contributed by atoms with Gasteiger partial charge in [-0.25, -0.2) is 18.0 Å². The summed E-state index contributed by atoms with van der Waals surface area (Å²) in [7, 11) is -4.26. The van der Waals surface area contributed by atoms with Crippen molar-refractivity contribution in [3.8, 4) is 0 Å². The lowest BCUT2D eigenvalue weighted by Crippen LogP contribution is -2.60. The van der Waals surface area contributed by atoms with E-state index in [0.717, 1.165) is 6.92 Å². The summed E-state index contributed by atoms with van der Waals surface area (Å²) in [4.78, 5) is 50.5. The Morgan fingerprint density at radius 1 is 1.03 bits per heavy atom. The van der Waals surface area contributed by atoms with E-state index in [2.05, 4.69) is 0 Å². The normalized spacial score (nSPS) is 15.9. The highest BCUT2D eigenvalue weighted by Crippen LogP contribution is 2.25. The molecule has 34 heavy (non-hydrogen) atoms. The van der Waals surface area contributed by atoms with Gasteiger partial charge in [-0.15, -0.1) is 0 Å². The summed E-state index contributed by atoms with van der Waals surface area (Å²) < 4.78 is 30.1. The number of carboxylic acid groups (broad SMARTS) is 2. The van der Waals surface area contributed by atoms with Crippen molar-refractivity contribution in [1.29, 1.82) is 0 Å². The van der Waals surface area contributed by atoms with Gasteiger partial charge in [0.05, 0.1) is 24.9 Å². The standard InChI is InChI=1S/C22H30N2O9S/c1-21(2,18(26)24-9-11-33-12-10-24)34(31,32)14-16(13-15-7-5-4-6-8-15)17(25)23-22(3,19(27)28)20(29)30/h4-8,16H,9-14H2,1-3H3,(H,23,25)(H,27,28)(H,29,30)/t16-/m1/s1. The molecule has 1 fully saturated rings. The Kier molecular flexibility index (Phi) is 8.43. The minimum absolute atomic E-state index is 0.108. The number of sulfone groups is 1. The molecule has 0 aromatic heterocycles. The molecule has 3 N–H and O–H groups in total. The number of carbonyl (C=O) groups is 4. The zero-order chi connectivity index (χ0) is 25.7. The molecule has 11 nitrogen and oxygen atoms in total. The Hall–Kier alpha value is -2.99. The van der Waals surface area contributed by atoms with Crippen LogP contribution >= 0.6 is 0 Å². The second-order valence-electron chi connectivity index (χ2n) is 8.81. The molecule has 0 saturated carbocycles. The Morgan fingerprint density at radius 2 is 1.56 bits per heavy atom. The summed E-state index contributed by atoms with van der Waals surface area (Å²) in [5.41, 5.74) is -2.07. The monoisotopic (exact) mass is 498 g/mol. The summed E-state index contributed by atoms with van der Waals surface area (Å²) in [6, 6.07) is 8.41. The van der Waals surface area contributed by atoms with E-state index in [1.165, 1.54) is 18.7 Å². The van der Waals surface area contributed by atoms with Crippen molar-refractivity contribution in [2.24, 2.45) is 5.92 Å². The van der Waals surface area contributed by atoms with Gasteiger partial charge in [-0.1, -0.05) is 30.3 Å². The predicted octanol–water partition coefficient (Wildman–Crippen LogP) is -0.0584. The van der Waals surface area contributed by atoms with Gasteiger partial charge in [0.15, 0.2) is 9.84 Å². The molecule has 1 aliphatic heterocycles. The van der Waals surface area contributed by atoms with Crippen LogP contribution in [0.3, 0.4) is 0 Å². The van der Waals surface area contributed by atoms with Crippen LogP contribution < -0.4 is 5.32 Å². The first kappa shape index (κ1) is 27.3. The SMILES string of the molecule is CC(NC(=O)[C@H](Cc1ccccc1)CS(=O)(=O)C(C)(C)C(=O)N1CCOCC1)(C(=O)O)C(=O)O. The number of nitrogens with zero attached hydrogens (tertiary/aromatic N) is 1. The van der Waals surface area contributed by atoms with Gasteiger partial charge in [-0.2, -0.15) is 0 Å². The molecule has 0 aliphatic carbocycles. The fourth-order valence-electron chi connectivity index (χ4n) is 3.43. The van der Waals surface area contributed by atoms with Gasteiger partial charge >= 0.3 is 11.9 Å². The van der Waals surface area contributed by atoms with E-state index >= 15 is 0 Å². The van der Waals surface area contributed by atoms with E-state index in [0.29, 0.717) is 5.56 Å². The first-order valence-corrected chi connectivity index (χ1v) is 12.3. The van der Waals surface area contributed by atoms with Crippen LogP contribution in [-0.4, -0.2) is 89.6 Å². The molecule has 188 valence electrons. The van der Waals surface area contributed by atoms with Gasteiger partial charge in [0.2, 0.25) is 17.4 Å². The molecule has 1 atom stereocenters. The van der Waals surface area contributed by atoms with Gasteiger partial charge in [0, 0.05) is 13.1 Å². The minimum atomic E-state index is -4.26. The van der Waals surface area contributed by atoms with Crippen molar-refractivity contribution in [2.45, 2.75) is 37.5 Å². The van der Waals surface area contributed by atoms with Crippen molar-refractivity contribution >= 4 is 33.6 Å². The minimum Gasteiger partial charge on any atom is -0.479 e. The average Bonchev–Trinajstić information content (AvgIpc) is 2.78. The van der Waals surface area contributed by atoms with Crippen molar-refractivity contribution in [3.05, 3.63) is 35.9 Å². The number of aliphatic carboxylic acids is 2. The Balaban J connectivity index is 2.36. The van der Waals surface area contributed by atoms with Crippen LogP contribution in [0.2, 0.25) is 0 Å². The topological polar surface area (TPSA) is 167 Å². The smallest absolute Gasteiger partial charge is 0.340 e. The number of hydrogen-bond acceptors (Lipinski definition) is 7. The molecule has 2 rings (SSSR count). The Labute approximate surface area is 198 Å². The van der Waals surface area contributed by atoms with Crippen molar-refractivity contribution in [2.75, 3.05) is 32.1 Å². The quantitative estimate of drug-likeness (QED) is 0.374. The van der Waals surface area contributed by atoms with E-state index in [1.807, 2.05) is 5.32 Å². The van der Waals surface area contributed by atoms with Crippen LogP contribution in [0.15, 0.2) is 30.3 Å². The molecular weight excluding hydrogens is 468 g/mol. The lowest BCUT2D eigenvalue weighted by atomic mass is 9.97. The lowest BCUT2D eigenvalue weighted by molar-refractivity contribution is -0.160. The average molecular weight is 499 g/mol. The third-order valence-corrected chi connectivity index (χ3v) is 8.51. The molecule has 1 aromatic rings. The molecule has 2 amide bonds. The molecule has 1 saturated heterocycles. The van der Waals surface area contributed by atoms with E-state index in [-0.39, 0.29) is 32.7 Å². The highest BCUT2D eigenvalue weighted by atomic mass is 32.2. The summed E-state index contributed by atoms with van der Waals surface area (Å²) in [6.07, 6.45) is -0.108. The molecule has 12 heteroatoms. The van der Waals surface area contributed by atoms with Gasteiger partial charge in [-0.3, -0.25) is 9.59 Å². The van der Waals surface area contributed by atoms with E-state index in [9.17, 15) is 37.8 Å². The van der Waals surface area contributed by atoms with Crippen molar-refractivity contribution < 1.29 is 42.5 Å². The molecule has 1 aliphatic rings. The zero-order valence-corrected chi connectivity index (χ0v) is 20.1. The fourth-order valence-corrected chi connectivity index (χ4v) is 5.04. The van der Waals surface area contributed by atoms with Crippen LogP contribution in [0.1, 0.15) is 26.3 Å². The predicted molar refractivity (Wildman–Crippen MR) is 121 cm³/mol. The van der Waals surface area contributed by atoms with Gasteiger partial charge in [0.25, 0.3) is 0 Å². The molecule has 0 bridgehead atoms. The third kappa shape index (κ3) is 5.92. The Bertz CT molecular complexity index is 1020. The molecule has 0 unspecified atom stereocenters. The van der Waals surface area contributed by atoms with E-state index in [1.54, 1.807) is 30.3 Å². The van der Waals surface area contributed by atoms with Crippen LogP contribution in [0, 0.1) is 5.92 Å². The molecule has 0 spiro atoms. The summed E-state index contributed by atoms with van der Waals surface area (Å²) in [6.45, 7) is 4.36. The molecule has 0 radical (unpaired) electrons. The summed E-state index contributed by atoms with van der Waals surface area (Å²) in [5, 5.41) is 20.6. The Morgan fingerprint density at radius 3 is 2.06 bits per heavy atom. The number of morpholine rings is 1. The number of hydrogen-bond donors (Lipinski definition) is 3. The maximum absolute atomic E-state index is 13.4. The molecular formula is C22H30N2O9S. The molecule has 1 aromatic carbocycles. The van der Waals surface area contributed by atoms with Crippen molar-refractivity contribution in [1.82, 2.24) is 10.2 Å².